The predicted octanol–water partition coefficient (Wildman–Crippen LogP) is 3.22. The smallest absolute Gasteiger partial charge is 0.331 e. The molecular formula is C18H19NO3S. The largest absolute Gasteiger partial charge is 0.452 e. The van der Waals surface area contributed by atoms with E-state index in [2.05, 4.69) is 5.32 Å². The van der Waals surface area contributed by atoms with Gasteiger partial charge < -0.3 is 10.1 Å². The van der Waals surface area contributed by atoms with Crippen molar-refractivity contribution in [3.8, 4) is 0 Å². The van der Waals surface area contributed by atoms with Crippen molar-refractivity contribution in [2.75, 3.05) is 13.2 Å². The number of hydrogen-bond donors (Lipinski definition) is 1. The summed E-state index contributed by atoms with van der Waals surface area (Å²) in [5.41, 5.74) is 2.09. The molecule has 1 aromatic heterocycles. The quantitative estimate of drug-likeness (QED) is 0.627. The molecule has 0 fully saturated rings. The van der Waals surface area contributed by atoms with E-state index in [0.717, 1.165) is 11.1 Å². The third kappa shape index (κ3) is 6.08. The van der Waals surface area contributed by atoms with Crippen LogP contribution in [0.25, 0.3) is 6.08 Å². The molecule has 1 atom stereocenters. The Hall–Kier alpha value is -2.40. The van der Waals surface area contributed by atoms with Gasteiger partial charge in [0, 0.05) is 12.6 Å². The minimum absolute atomic E-state index is 0.203. The highest BCUT2D eigenvalue weighted by atomic mass is 32.1. The van der Waals surface area contributed by atoms with Crippen LogP contribution in [-0.2, 0) is 14.3 Å². The van der Waals surface area contributed by atoms with Crippen molar-refractivity contribution in [1.82, 2.24) is 5.32 Å². The van der Waals surface area contributed by atoms with E-state index in [0.29, 0.717) is 6.54 Å². The van der Waals surface area contributed by atoms with E-state index in [9.17, 15) is 9.59 Å². The summed E-state index contributed by atoms with van der Waals surface area (Å²) in [5.74, 6) is -0.623. The third-order valence-corrected chi connectivity index (χ3v) is 3.98. The predicted molar refractivity (Wildman–Crippen MR) is 92.2 cm³/mol. The molecule has 5 heteroatoms. The summed E-state index contributed by atoms with van der Waals surface area (Å²) in [4.78, 5) is 23.2. The first-order chi connectivity index (χ1) is 11.1. The van der Waals surface area contributed by atoms with Crippen LogP contribution in [0.5, 0.6) is 0 Å². The van der Waals surface area contributed by atoms with Gasteiger partial charge in [-0.1, -0.05) is 37.3 Å². The number of ether oxygens (including phenoxy) is 1. The Labute approximate surface area is 139 Å². The molecule has 120 valence electrons. The Morgan fingerprint density at radius 2 is 2.04 bits per heavy atom. The lowest BCUT2D eigenvalue weighted by atomic mass is 10.0. The van der Waals surface area contributed by atoms with Gasteiger partial charge in [0.25, 0.3) is 5.91 Å². The molecule has 0 unspecified atom stereocenters. The van der Waals surface area contributed by atoms with Gasteiger partial charge in [-0.15, -0.1) is 0 Å². The van der Waals surface area contributed by atoms with Crippen LogP contribution in [0.3, 0.4) is 0 Å². The second kappa shape index (κ2) is 8.90. The van der Waals surface area contributed by atoms with Gasteiger partial charge >= 0.3 is 5.97 Å². The molecule has 0 aliphatic carbocycles. The van der Waals surface area contributed by atoms with Crippen LogP contribution in [-0.4, -0.2) is 25.0 Å². The minimum Gasteiger partial charge on any atom is -0.452 e. The lowest BCUT2D eigenvalue weighted by Crippen LogP contribution is -2.31. The zero-order valence-electron chi connectivity index (χ0n) is 12.9. The van der Waals surface area contributed by atoms with Crippen LogP contribution in [0.15, 0.2) is 53.2 Å². The van der Waals surface area contributed by atoms with Crippen LogP contribution < -0.4 is 5.32 Å². The SMILES string of the molecule is C[C@@H](CNC(=O)COC(=O)/C=C/c1ccsc1)c1ccccc1. The molecule has 2 rings (SSSR count). The van der Waals surface area contributed by atoms with Crippen LogP contribution >= 0.6 is 11.3 Å². The summed E-state index contributed by atoms with van der Waals surface area (Å²) in [5, 5.41) is 6.61. The number of hydrogen-bond acceptors (Lipinski definition) is 4. The lowest BCUT2D eigenvalue weighted by Gasteiger charge is -2.12. The van der Waals surface area contributed by atoms with Gasteiger partial charge in [-0.05, 0) is 39.9 Å². The molecule has 1 amide bonds. The minimum atomic E-state index is -0.526. The number of carbonyl (C=O) groups excluding carboxylic acids is 2. The van der Waals surface area contributed by atoms with Crippen molar-refractivity contribution in [3.63, 3.8) is 0 Å². The first-order valence-corrected chi connectivity index (χ1v) is 8.28. The highest BCUT2D eigenvalue weighted by Gasteiger charge is 2.09. The summed E-state index contributed by atoms with van der Waals surface area (Å²) < 4.78 is 4.91. The van der Waals surface area contributed by atoms with E-state index in [1.54, 1.807) is 17.4 Å². The van der Waals surface area contributed by atoms with Crippen molar-refractivity contribution in [1.29, 1.82) is 0 Å². The molecule has 1 N–H and O–H groups in total. The standard InChI is InChI=1S/C18H19NO3S/c1-14(16-5-3-2-4-6-16)11-19-17(20)12-22-18(21)8-7-15-9-10-23-13-15/h2-10,13-14H,11-12H2,1H3,(H,19,20)/b8-7+/t14-/m0/s1. The Bertz CT molecular complexity index is 650. The average Bonchev–Trinajstić information content (AvgIpc) is 3.10. The number of carbonyl (C=O) groups is 2. The summed E-state index contributed by atoms with van der Waals surface area (Å²) in [6.07, 6.45) is 2.98. The number of benzene rings is 1. The van der Waals surface area contributed by atoms with Crippen LogP contribution in [0.2, 0.25) is 0 Å². The maximum atomic E-state index is 11.7. The molecule has 4 nitrogen and oxygen atoms in total. The van der Waals surface area contributed by atoms with Gasteiger partial charge in [-0.3, -0.25) is 4.79 Å². The molecular weight excluding hydrogens is 310 g/mol. The molecule has 0 saturated carbocycles. The Morgan fingerprint density at radius 3 is 2.74 bits per heavy atom. The molecule has 1 aromatic carbocycles. The van der Waals surface area contributed by atoms with Gasteiger partial charge in [0.15, 0.2) is 6.61 Å². The molecule has 0 aliphatic rings. The summed E-state index contributed by atoms with van der Waals surface area (Å²) in [6.45, 7) is 2.27. The number of amides is 1. The number of rotatable bonds is 7. The third-order valence-electron chi connectivity index (χ3n) is 3.27. The second-order valence-corrected chi connectivity index (χ2v) is 5.89. The van der Waals surface area contributed by atoms with Crippen molar-refractivity contribution in [2.24, 2.45) is 0 Å². The summed E-state index contributed by atoms with van der Waals surface area (Å²) in [7, 11) is 0. The van der Waals surface area contributed by atoms with Crippen molar-refractivity contribution in [3.05, 3.63) is 64.4 Å². The molecule has 0 aliphatic heterocycles. The fraction of sp³-hybridized carbons (Fsp3) is 0.222. The van der Waals surface area contributed by atoms with E-state index in [-0.39, 0.29) is 18.4 Å². The van der Waals surface area contributed by atoms with Gasteiger partial charge in [0.05, 0.1) is 0 Å². The van der Waals surface area contributed by atoms with Gasteiger partial charge in [-0.25, -0.2) is 4.79 Å². The lowest BCUT2D eigenvalue weighted by molar-refractivity contribution is -0.143. The van der Waals surface area contributed by atoms with Gasteiger partial charge in [0.1, 0.15) is 0 Å². The normalized spacial score (nSPS) is 12.0. The maximum Gasteiger partial charge on any atom is 0.331 e. The van der Waals surface area contributed by atoms with E-state index >= 15 is 0 Å². The Kier molecular flexibility index (Phi) is 6.56. The first kappa shape index (κ1) is 17.0. The molecule has 23 heavy (non-hydrogen) atoms. The van der Waals surface area contributed by atoms with E-state index in [1.807, 2.05) is 54.1 Å². The van der Waals surface area contributed by atoms with Crippen molar-refractivity contribution in [2.45, 2.75) is 12.8 Å². The Morgan fingerprint density at radius 1 is 1.26 bits per heavy atom. The highest BCUT2D eigenvalue weighted by molar-refractivity contribution is 7.08. The topological polar surface area (TPSA) is 55.4 Å². The zero-order chi connectivity index (χ0) is 16.5. The van der Waals surface area contributed by atoms with Crippen LogP contribution in [0, 0.1) is 0 Å². The monoisotopic (exact) mass is 329 g/mol. The van der Waals surface area contributed by atoms with Gasteiger partial charge in [-0.2, -0.15) is 11.3 Å². The molecule has 1 heterocycles. The molecule has 0 saturated heterocycles. The molecule has 0 spiro atoms. The zero-order valence-corrected chi connectivity index (χ0v) is 13.7. The van der Waals surface area contributed by atoms with Gasteiger partial charge in [0.2, 0.25) is 0 Å². The second-order valence-electron chi connectivity index (χ2n) is 5.11. The average molecular weight is 329 g/mol. The van der Waals surface area contributed by atoms with Crippen molar-refractivity contribution < 1.29 is 14.3 Å². The first-order valence-electron chi connectivity index (χ1n) is 7.34. The number of nitrogens with one attached hydrogen (secondary N) is 1. The molecule has 0 radical (unpaired) electrons. The van der Waals surface area contributed by atoms with Crippen LogP contribution in [0.4, 0.5) is 0 Å². The van der Waals surface area contributed by atoms with E-state index in [4.69, 9.17) is 4.74 Å². The van der Waals surface area contributed by atoms with Crippen molar-refractivity contribution >= 4 is 29.3 Å². The molecule has 0 bridgehead atoms. The fourth-order valence-electron chi connectivity index (χ4n) is 1.94. The summed E-state index contributed by atoms with van der Waals surface area (Å²) in [6, 6.07) is 11.8. The van der Waals surface area contributed by atoms with E-state index in [1.165, 1.54) is 6.08 Å². The summed E-state index contributed by atoms with van der Waals surface area (Å²) >= 11 is 1.55. The fourth-order valence-corrected chi connectivity index (χ4v) is 2.56. The maximum absolute atomic E-state index is 11.7. The highest BCUT2D eigenvalue weighted by Crippen LogP contribution is 2.12. The number of esters is 1. The van der Waals surface area contributed by atoms with E-state index < -0.39 is 5.97 Å². The number of thiophene rings is 1. The Balaban J connectivity index is 1.68. The van der Waals surface area contributed by atoms with Crippen LogP contribution in [0.1, 0.15) is 24.0 Å². The molecule has 2 aromatic rings.